The van der Waals surface area contributed by atoms with Crippen LogP contribution in [0.15, 0.2) is 47.5 Å². The molecular weight excluding hydrogens is 312 g/mol. The van der Waals surface area contributed by atoms with Gasteiger partial charge in [0.15, 0.2) is 10.9 Å². The zero-order chi connectivity index (χ0) is 15.9. The van der Waals surface area contributed by atoms with Crippen LogP contribution in [0.5, 0.6) is 0 Å². The highest BCUT2D eigenvalue weighted by Crippen LogP contribution is 2.22. The molecule has 0 unspecified atom stereocenters. The minimum atomic E-state index is 0.425. The van der Waals surface area contributed by atoms with Gasteiger partial charge < -0.3 is 10.7 Å². The molecule has 3 N–H and O–H groups in total. The van der Waals surface area contributed by atoms with Crippen molar-refractivity contribution in [2.75, 3.05) is 10.7 Å². The molecule has 114 valence electrons. The molecular formula is C14H12N8S. The molecule has 0 aliphatic rings. The molecule has 0 spiro atoms. The Kier molecular flexibility index (Phi) is 4.60. The number of thiazole rings is 1. The Morgan fingerprint density at radius 1 is 1.17 bits per heavy atom. The largest absolute Gasteiger partial charge is 0.316 e. The highest BCUT2D eigenvalue weighted by molar-refractivity contribution is 7.13. The highest BCUT2D eigenvalue weighted by Gasteiger charge is 2.10. The lowest BCUT2D eigenvalue weighted by Crippen LogP contribution is -2.04. The van der Waals surface area contributed by atoms with Crippen molar-refractivity contribution >= 4 is 40.5 Å². The van der Waals surface area contributed by atoms with E-state index in [-0.39, 0.29) is 0 Å². The lowest BCUT2D eigenvalue weighted by Gasteiger charge is -2.08. The summed E-state index contributed by atoms with van der Waals surface area (Å²) in [6.07, 6.45) is 9.26. The maximum Gasteiger partial charge on any atom is 0.188 e. The van der Waals surface area contributed by atoms with E-state index in [1.165, 1.54) is 17.7 Å². The van der Waals surface area contributed by atoms with E-state index in [0.29, 0.717) is 22.3 Å². The van der Waals surface area contributed by atoms with Crippen molar-refractivity contribution in [2.24, 2.45) is 5.10 Å². The molecule has 9 heteroatoms. The van der Waals surface area contributed by atoms with Gasteiger partial charge in [-0.1, -0.05) is 6.07 Å². The predicted molar refractivity (Wildman–Crippen MR) is 90.8 cm³/mol. The Balaban J connectivity index is 1.79. The van der Waals surface area contributed by atoms with Gasteiger partial charge in [-0.2, -0.15) is 5.10 Å². The molecule has 0 radical (unpaired) electrons. The number of anilines is 3. The van der Waals surface area contributed by atoms with E-state index in [1.54, 1.807) is 24.8 Å². The van der Waals surface area contributed by atoms with Crippen molar-refractivity contribution < 1.29 is 0 Å². The van der Waals surface area contributed by atoms with Gasteiger partial charge >= 0.3 is 0 Å². The van der Waals surface area contributed by atoms with Crippen LogP contribution in [-0.2, 0) is 0 Å². The summed E-state index contributed by atoms with van der Waals surface area (Å²) >= 11 is 1.44. The van der Waals surface area contributed by atoms with E-state index in [1.807, 2.05) is 17.5 Å². The van der Waals surface area contributed by atoms with E-state index in [2.05, 4.69) is 35.8 Å². The Morgan fingerprint density at radius 2 is 2.09 bits per heavy atom. The number of nitrogens with one attached hydrogen (secondary N) is 3. The van der Waals surface area contributed by atoms with Gasteiger partial charge in [0.05, 0.1) is 11.8 Å². The molecule has 0 fully saturated rings. The number of hydrazone groups is 1. The van der Waals surface area contributed by atoms with Crippen molar-refractivity contribution in [1.29, 1.82) is 5.41 Å². The van der Waals surface area contributed by atoms with Gasteiger partial charge in [-0.15, -0.1) is 11.3 Å². The van der Waals surface area contributed by atoms with Gasteiger partial charge in [0, 0.05) is 35.7 Å². The maximum atomic E-state index is 7.59. The Labute approximate surface area is 135 Å². The first kappa shape index (κ1) is 14.7. The summed E-state index contributed by atoms with van der Waals surface area (Å²) in [5.41, 5.74) is 4.16. The Bertz CT molecular complexity index is 801. The van der Waals surface area contributed by atoms with E-state index in [0.717, 1.165) is 11.8 Å². The SMILES string of the molecule is N=Cc1c(N/N=C/c2cccnc2)ncnc1Nc1nccs1. The minimum Gasteiger partial charge on any atom is -0.316 e. The molecule has 0 saturated carbocycles. The summed E-state index contributed by atoms with van der Waals surface area (Å²) in [6.45, 7) is 0. The topological polar surface area (TPSA) is 112 Å². The molecule has 0 aromatic carbocycles. The van der Waals surface area contributed by atoms with Gasteiger partial charge in [-0.25, -0.2) is 15.0 Å². The zero-order valence-corrected chi connectivity index (χ0v) is 12.7. The third-order valence-electron chi connectivity index (χ3n) is 2.75. The van der Waals surface area contributed by atoms with Crippen LogP contribution in [0.1, 0.15) is 11.1 Å². The van der Waals surface area contributed by atoms with Crippen LogP contribution in [0.4, 0.5) is 16.8 Å². The monoisotopic (exact) mass is 324 g/mol. The van der Waals surface area contributed by atoms with Gasteiger partial charge in [-0.05, 0) is 6.07 Å². The summed E-state index contributed by atoms with van der Waals surface area (Å²) in [7, 11) is 0. The molecule has 3 rings (SSSR count). The van der Waals surface area contributed by atoms with Crippen LogP contribution in [0.25, 0.3) is 0 Å². The second kappa shape index (κ2) is 7.18. The van der Waals surface area contributed by atoms with E-state index in [4.69, 9.17) is 5.41 Å². The van der Waals surface area contributed by atoms with Crippen molar-refractivity contribution in [2.45, 2.75) is 0 Å². The second-order valence-electron chi connectivity index (χ2n) is 4.25. The Morgan fingerprint density at radius 3 is 2.83 bits per heavy atom. The molecule has 0 amide bonds. The molecule has 0 aliphatic carbocycles. The Hall–Kier alpha value is -3.20. The molecule has 3 aromatic rings. The van der Waals surface area contributed by atoms with Gasteiger partial charge in [0.1, 0.15) is 12.1 Å². The quantitative estimate of drug-likeness (QED) is 0.474. The van der Waals surface area contributed by atoms with Crippen LogP contribution < -0.4 is 10.7 Å². The standard InChI is InChI=1S/C14H12N8S/c15-6-11-12(21-14-17-4-5-23-14)18-9-19-13(11)22-20-8-10-2-1-3-16-7-10/h1-9,15H,(H2,17,18,19,21,22)/b15-6?,20-8+. The molecule has 8 nitrogen and oxygen atoms in total. The predicted octanol–water partition coefficient (Wildman–Crippen LogP) is 2.52. The van der Waals surface area contributed by atoms with E-state index in [9.17, 15) is 0 Å². The highest BCUT2D eigenvalue weighted by atomic mass is 32.1. The first-order chi connectivity index (χ1) is 11.4. The lowest BCUT2D eigenvalue weighted by atomic mass is 10.3. The van der Waals surface area contributed by atoms with Crippen LogP contribution in [0, 0.1) is 5.41 Å². The molecule has 0 aliphatic heterocycles. The molecule has 0 bridgehead atoms. The summed E-state index contributed by atoms with van der Waals surface area (Å²) in [5, 5.41) is 17.3. The minimum absolute atomic E-state index is 0.425. The number of nitrogens with zero attached hydrogens (tertiary/aromatic N) is 5. The van der Waals surface area contributed by atoms with Crippen LogP contribution in [0.2, 0.25) is 0 Å². The summed E-state index contributed by atoms with van der Waals surface area (Å²) < 4.78 is 0. The maximum absolute atomic E-state index is 7.59. The molecule has 3 heterocycles. The van der Waals surface area contributed by atoms with Gasteiger partial charge in [0.2, 0.25) is 0 Å². The van der Waals surface area contributed by atoms with Crippen LogP contribution >= 0.6 is 11.3 Å². The fourth-order valence-corrected chi connectivity index (χ4v) is 2.26. The van der Waals surface area contributed by atoms with Crippen LogP contribution in [0.3, 0.4) is 0 Å². The second-order valence-corrected chi connectivity index (χ2v) is 5.14. The van der Waals surface area contributed by atoms with E-state index < -0.39 is 0 Å². The smallest absolute Gasteiger partial charge is 0.188 e. The number of hydrogen-bond acceptors (Lipinski definition) is 9. The van der Waals surface area contributed by atoms with Crippen molar-refractivity contribution in [3.8, 4) is 0 Å². The van der Waals surface area contributed by atoms with Crippen molar-refractivity contribution in [1.82, 2.24) is 19.9 Å². The number of rotatable bonds is 6. The molecule has 23 heavy (non-hydrogen) atoms. The fraction of sp³-hybridized carbons (Fsp3) is 0. The molecule has 0 atom stereocenters. The summed E-state index contributed by atoms with van der Waals surface area (Å²) in [6, 6.07) is 3.70. The normalized spacial score (nSPS) is 10.6. The van der Waals surface area contributed by atoms with Crippen LogP contribution in [-0.4, -0.2) is 32.4 Å². The number of pyridine rings is 1. The summed E-state index contributed by atoms with van der Waals surface area (Å²) in [4.78, 5) is 16.4. The first-order valence-electron chi connectivity index (χ1n) is 6.58. The fourth-order valence-electron chi connectivity index (χ4n) is 1.73. The lowest BCUT2D eigenvalue weighted by molar-refractivity contribution is 1.13. The van der Waals surface area contributed by atoms with Crippen molar-refractivity contribution in [3.05, 3.63) is 53.6 Å². The molecule has 3 aromatic heterocycles. The number of aromatic nitrogens is 4. The zero-order valence-electron chi connectivity index (χ0n) is 11.8. The van der Waals surface area contributed by atoms with Gasteiger partial charge in [0.25, 0.3) is 0 Å². The average Bonchev–Trinajstić information content (AvgIpc) is 3.09. The number of hydrogen-bond donors (Lipinski definition) is 3. The van der Waals surface area contributed by atoms with E-state index >= 15 is 0 Å². The third kappa shape index (κ3) is 3.71. The van der Waals surface area contributed by atoms with Crippen molar-refractivity contribution in [3.63, 3.8) is 0 Å². The van der Waals surface area contributed by atoms with Gasteiger partial charge in [-0.3, -0.25) is 10.4 Å². The first-order valence-corrected chi connectivity index (χ1v) is 7.46. The summed E-state index contributed by atoms with van der Waals surface area (Å²) in [5.74, 6) is 0.915. The average molecular weight is 324 g/mol. The molecule has 0 saturated heterocycles. The third-order valence-corrected chi connectivity index (χ3v) is 3.44.